The van der Waals surface area contributed by atoms with E-state index in [4.69, 9.17) is 0 Å². The predicted molar refractivity (Wildman–Crippen MR) is 86.6 cm³/mol. The zero-order chi connectivity index (χ0) is 14.8. The Labute approximate surface area is 123 Å². The molecule has 0 spiro atoms. The minimum absolute atomic E-state index is 0.194. The van der Waals surface area contributed by atoms with E-state index in [0.717, 1.165) is 9.99 Å². The van der Waals surface area contributed by atoms with Crippen LogP contribution < -0.4 is 5.56 Å². The second-order valence-corrected chi connectivity index (χ2v) is 4.65. The highest BCUT2D eigenvalue weighted by Gasteiger charge is 2.04. The molecule has 4 heteroatoms. The largest absolute Gasteiger partial charge is 0.335 e. The van der Waals surface area contributed by atoms with Crippen LogP contribution in [-0.2, 0) is 7.05 Å². The molecule has 0 aliphatic heterocycles. The van der Waals surface area contributed by atoms with Crippen LogP contribution in [0.2, 0.25) is 0 Å². The van der Waals surface area contributed by atoms with Crippen LogP contribution in [0.5, 0.6) is 0 Å². The maximum absolute atomic E-state index is 11.4. The Kier molecular flexibility index (Phi) is 9.13. The van der Waals surface area contributed by atoms with Gasteiger partial charge in [-0.25, -0.2) is 0 Å². The molecule has 3 nitrogen and oxygen atoms in total. The average Bonchev–Trinajstić information content (AvgIpc) is 2.45. The van der Waals surface area contributed by atoms with E-state index in [1.807, 2.05) is 43.7 Å². The first-order valence-electron chi connectivity index (χ1n) is 6.71. The normalized spacial score (nSPS) is 9.16. The van der Waals surface area contributed by atoms with Crippen molar-refractivity contribution in [2.24, 2.45) is 7.05 Å². The summed E-state index contributed by atoms with van der Waals surface area (Å²) < 4.78 is 2.61. The van der Waals surface area contributed by atoms with Gasteiger partial charge in [-0.1, -0.05) is 46.6 Å². The first-order valence-corrected chi connectivity index (χ1v) is 7.51. The standard InChI is InChI=1S/C9H7BrN2O.C4H10.C2H6/c1-12-5-11-9(13)8-6(10)3-2-4-7(8)12;1-3-4-2;1-2/h2-5H,1H3;3-4H2,1-2H3;1-2H3. The van der Waals surface area contributed by atoms with E-state index in [9.17, 15) is 4.79 Å². The fourth-order valence-electron chi connectivity index (χ4n) is 1.28. The zero-order valence-electron chi connectivity index (χ0n) is 12.4. The van der Waals surface area contributed by atoms with Crippen LogP contribution in [0.4, 0.5) is 0 Å². The Morgan fingerprint density at radius 3 is 2.26 bits per heavy atom. The summed E-state index contributed by atoms with van der Waals surface area (Å²) in [6, 6.07) is 5.63. The number of hydrogen-bond donors (Lipinski definition) is 0. The number of fused-ring (bicyclic) bond motifs is 1. The van der Waals surface area contributed by atoms with Crippen molar-refractivity contribution in [1.29, 1.82) is 0 Å². The Bertz CT molecular complexity index is 547. The Balaban J connectivity index is 0.000000467. The molecule has 1 heterocycles. The highest BCUT2D eigenvalue weighted by atomic mass is 79.9. The Hall–Kier alpha value is -1.16. The summed E-state index contributed by atoms with van der Waals surface area (Å²) >= 11 is 3.33. The van der Waals surface area contributed by atoms with E-state index in [0.29, 0.717) is 5.39 Å². The SMILES string of the molecule is CC.CCCC.Cn1cnc(=O)c2c(Br)cccc21. The van der Waals surface area contributed by atoms with Crippen LogP contribution in [0.1, 0.15) is 40.5 Å². The fraction of sp³-hybridized carbons (Fsp3) is 0.467. The van der Waals surface area contributed by atoms with Crippen molar-refractivity contribution in [1.82, 2.24) is 9.55 Å². The molecule has 0 aliphatic carbocycles. The molecule has 2 aromatic rings. The first kappa shape index (κ1) is 17.8. The minimum atomic E-state index is -0.194. The minimum Gasteiger partial charge on any atom is -0.335 e. The summed E-state index contributed by atoms with van der Waals surface area (Å²) in [7, 11) is 1.86. The van der Waals surface area contributed by atoms with Gasteiger partial charge in [0, 0.05) is 11.5 Å². The maximum atomic E-state index is 11.4. The van der Waals surface area contributed by atoms with E-state index >= 15 is 0 Å². The molecule has 0 saturated heterocycles. The van der Waals surface area contributed by atoms with Crippen molar-refractivity contribution < 1.29 is 0 Å². The molecule has 2 rings (SSSR count). The second-order valence-electron chi connectivity index (χ2n) is 3.79. The molecule has 0 saturated carbocycles. The van der Waals surface area contributed by atoms with Crippen LogP contribution >= 0.6 is 15.9 Å². The van der Waals surface area contributed by atoms with E-state index in [2.05, 4.69) is 34.8 Å². The van der Waals surface area contributed by atoms with Crippen LogP contribution in [0.25, 0.3) is 10.9 Å². The van der Waals surface area contributed by atoms with Gasteiger partial charge in [0.25, 0.3) is 5.56 Å². The zero-order valence-corrected chi connectivity index (χ0v) is 14.0. The lowest BCUT2D eigenvalue weighted by Crippen LogP contribution is -2.10. The fourth-order valence-corrected chi connectivity index (χ4v) is 1.81. The summed E-state index contributed by atoms with van der Waals surface area (Å²) in [6.07, 6.45) is 4.16. The van der Waals surface area contributed by atoms with Crippen LogP contribution in [0.15, 0.2) is 33.8 Å². The van der Waals surface area contributed by atoms with Gasteiger partial charge in [0.1, 0.15) is 0 Å². The molecule has 0 aliphatic rings. The number of halogens is 1. The van der Waals surface area contributed by atoms with Gasteiger partial charge in [0.15, 0.2) is 0 Å². The van der Waals surface area contributed by atoms with E-state index < -0.39 is 0 Å². The lowest BCUT2D eigenvalue weighted by molar-refractivity contribution is 0.886. The number of aryl methyl sites for hydroxylation is 1. The van der Waals surface area contributed by atoms with Gasteiger partial charge in [-0.15, -0.1) is 0 Å². The summed E-state index contributed by atoms with van der Waals surface area (Å²) in [5.41, 5.74) is 0.690. The molecule has 0 amide bonds. The van der Waals surface area contributed by atoms with Gasteiger partial charge in [0.2, 0.25) is 0 Å². The van der Waals surface area contributed by atoms with Crippen molar-refractivity contribution in [3.8, 4) is 0 Å². The predicted octanol–water partition coefficient (Wildman–Crippen LogP) is 4.53. The van der Waals surface area contributed by atoms with Gasteiger partial charge in [-0.2, -0.15) is 4.98 Å². The Morgan fingerprint density at radius 1 is 1.21 bits per heavy atom. The van der Waals surface area contributed by atoms with E-state index in [1.165, 1.54) is 19.2 Å². The van der Waals surface area contributed by atoms with Gasteiger partial charge >= 0.3 is 0 Å². The number of rotatable bonds is 1. The molecule has 0 N–H and O–H groups in total. The van der Waals surface area contributed by atoms with Crippen LogP contribution in [0.3, 0.4) is 0 Å². The molecule has 0 radical (unpaired) electrons. The third-order valence-electron chi connectivity index (χ3n) is 2.43. The van der Waals surface area contributed by atoms with Crippen molar-refractivity contribution in [3.05, 3.63) is 39.4 Å². The summed E-state index contributed by atoms with van der Waals surface area (Å²) in [5, 5.41) is 0.632. The van der Waals surface area contributed by atoms with Gasteiger partial charge in [-0.3, -0.25) is 4.79 Å². The molecule has 0 atom stereocenters. The third kappa shape index (κ3) is 5.15. The van der Waals surface area contributed by atoms with Gasteiger partial charge in [0.05, 0.1) is 17.2 Å². The molecule has 0 fully saturated rings. The lowest BCUT2D eigenvalue weighted by atomic mass is 10.2. The molecule has 19 heavy (non-hydrogen) atoms. The number of aromatic nitrogens is 2. The summed E-state index contributed by atoms with van der Waals surface area (Å²) in [6.45, 7) is 8.36. The second kappa shape index (κ2) is 9.73. The van der Waals surface area contributed by atoms with Crippen molar-refractivity contribution in [2.45, 2.75) is 40.5 Å². The molecule has 0 unspecified atom stereocenters. The molecule has 106 valence electrons. The molecule has 1 aromatic heterocycles. The van der Waals surface area contributed by atoms with Gasteiger partial charge < -0.3 is 4.57 Å². The first-order chi connectivity index (χ1) is 9.11. The Morgan fingerprint density at radius 2 is 1.79 bits per heavy atom. The monoisotopic (exact) mass is 326 g/mol. The molecule has 0 bridgehead atoms. The van der Waals surface area contributed by atoms with Crippen molar-refractivity contribution in [3.63, 3.8) is 0 Å². The number of unbranched alkanes of at least 4 members (excludes halogenated alkanes) is 1. The van der Waals surface area contributed by atoms with Crippen LogP contribution in [0, 0.1) is 0 Å². The summed E-state index contributed by atoms with van der Waals surface area (Å²) in [5.74, 6) is 0. The van der Waals surface area contributed by atoms with Crippen LogP contribution in [-0.4, -0.2) is 9.55 Å². The van der Waals surface area contributed by atoms with Crippen molar-refractivity contribution >= 4 is 26.8 Å². The maximum Gasteiger partial charge on any atom is 0.281 e. The van der Waals surface area contributed by atoms with E-state index in [1.54, 1.807) is 0 Å². The molecular formula is C15H23BrN2O. The highest BCUT2D eigenvalue weighted by Crippen LogP contribution is 2.18. The number of benzene rings is 1. The quantitative estimate of drug-likeness (QED) is 0.771. The average molecular weight is 327 g/mol. The lowest BCUT2D eigenvalue weighted by Gasteiger charge is -2.03. The molecule has 1 aromatic carbocycles. The smallest absolute Gasteiger partial charge is 0.281 e. The molecular weight excluding hydrogens is 304 g/mol. The van der Waals surface area contributed by atoms with Gasteiger partial charge in [-0.05, 0) is 28.1 Å². The third-order valence-corrected chi connectivity index (χ3v) is 3.09. The van der Waals surface area contributed by atoms with Crippen molar-refractivity contribution in [2.75, 3.05) is 0 Å². The number of hydrogen-bond acceptors (Lipinski definition) is 2. The summed E-state index contributed by atoms with van der Waals surface area (Å²) in [4.78, 5) is 15.1. The number of nitrogens with zero attached hydrogens (tertiary/aromatic N) is 2. The highest BCUT2D eigenvalue weighted by molar-refractivity contribution is 9.10. The topological polar surface area (TPSA) is 34.9 Å². The van der Waals surface area contributed by atoms with E-state index in [-0.39, 0.29) is 5.56 Å².